The molecule has 19 heavy (non-hydrogen) atoms. The number of carbonyl (C=O) groups excluding carboxylic acids is 1. The van der Waals surface area contributed by atoms with E-state index in [1.54, 1.807) is 0 Å². The standard InChI is InChI=1S/C15H20N2O2/c18-15(17-5-3-11-4-6-19-10-11)12-1-2-13-8-16-9-14(13)7-12/h1-2,7,11,16H,3-6,8-10H2,(H,17,18). The van der Waals surface area contributed by atoms with Crippen molar-refractivity contribution in [2.45, 2.75) is 25.9 Å². The van der Waals surface area contributed by atoms with Gasteiger partial charge in [-0.05, 0) is 42.0 Å². The average Bonchev–Trinajstić information content (AvgIpc) is 3.08. The number of amides is 1. The van der Waals surface area contributed by atoms with Gasteiger partial charge in [0, 0.05) is 38.4 Å². The van der Waals surface area contributed by atoms with Crippen LogP contribution in [0.15, 0.2) is 18.2 Å². The van der Waals surface area contributed by atoms with Crippen molar-refractivity contribution in [1.29, 1.82) is 0 Å². The van der Waals surface area contributed by atoms with E-state index in [0.717, 1.165) is 51.3 Å². The third-order valence-electron chi connectivity index (χ3n) is 3.96. The smallest absolute Gasteiger partial charge is 0.251 e. The SMILES string of the molecule is O=C(NCCC1CCOC1)c1ccc2c(c1)CNC2. The van der Waals surface area contributed by atoms with Crippen LogP contribution in [0.3, 0.4) is 0 Å². The molecule has 4 heteroatoms. The van der Waals surface area contributed by atoms with Gasteiger partial charge in [0.15, 0.2) is 0 Å². The first-order chi connectivity index (χ1) is 9.33. The van der Waals surface area contributed by atoms with E-state index in [9.17, 15) is 4.79 Å². The summed E-state index contributed by atoms with van der Waals surface area (Å²) in [4.78, 5) is 12.1. The van der Waals surface area contributed by atoms with Crippen molar-refractivity contribution < 1.29 is 9.53 Å². The van der Waals surface area contributed by atoms with Gasteiger partial charge in [-0.1, -0.05) is 6.07 Å². The molecule has 0 aromatic heterocycles. The maximum absolute atomic E-state index is 12.1. The van der Waals surface area contributed by atoms with Crippen LogP contribution in [0.1, 0.15) is 34.3 Å². The first-order valence-electron chi connectivity index (χ1n) is 7.01. The van der Waals surface area contributed by atoms with E-state index in [2.05, 4.69) is 16.7 Å². The molecule has 1 saturated heterocycles. The van der Waals surface area contributed by atoms with E-state index < -0.39 is 0 Å². The minimum atomic E-state index is 0.0358. The minimum Gasteiger partial charge on any atom is -0.381 e. The molecule has 0 radical (unpaired) electrons. The second kappa shape index (κ2) is 5.72. The summed E-state index contributed by atoms with van der Waals surface area (Å²) in [7, 11) is 0. The van der Waals surface area contributed by atoms with Crippen LogP contribution in [-0.2, 0) is 17.8 Å². The maximum Gasteiger partial charge on any atom is 0.251 e. The van der Waals surface area contributed by atoms with Gasteiger partial charge in [-0.3, -0.25) is 4.79 Å². The van der Waals surface area contributed by atoms with Gasteiger partial charge in [0.1, 0.15) is 0 Å². The molecule has 1 atom stereocenters. The largest absolute Gasteiger partial charge is 0.381 e. The fourth-order valence-electron chi connectivity index (χ4n) is 2.74. The first kappa shape index (κ1) is 12.6. The first-order valence-corrected chi connectivity index (χ1v) is 7.01. The number of carbonyl (C=O) groups is 1. The van der Waals surface area contributed by atoms with Crippen LogP contribution in [0.5, 0.6) is 0 Å². The van der Waals surface area contributed by atoms with Gasteiger partial charge >= 0.3 is 0 Å². The molecule has 2 heterocycles. The highest BCUT2D eigenvalue weighted by atomic mass is 16.5. The van der Waals surface area contributed by atoms with Gasteiger partial charge in [0.25, 0.3) is 5.91 Å². The molecular weight excluding hydrogens is 240 g/mol. The zero-order valence-corrected chi connectivity index (χ0v) is 11.1. The zero-order valence-electron chi connectivity index (χ0n) is 11.1. The number of ether oxygens (including phenoxy) is 1. The maximum atomic E-state index is 12.1. The topological polar surface area (TPSA) is 50.4 Å². The molecule has 4 nitrogen and oxygen atoms in total. The fourth-order valence-corrected chi connectivity index (χ4v) is 2.74. The van der Waals surface area contributed by atoms with E-state index in [1.807, 2.05) is 12.1 Å². The second-order valence-corrected chi connectivity index (χ2v) is 5.36. The molecule has 2 aliphatic heterocycles. The summed E-state index contributed by atoms with van der Waals surface area (Å²) in [5, 5.41) is 6.29. The van der Waals surface area contributed by atoms with E-state index >= 15 is 0 Å². The van der Waals surface area contributed by atoms with Crippen LogP contribution in [0.4, 0.5) is 0 Å². The third kappa shape index (κ3) is 2.96. The molecule has 1 aromatic carbocycles. The van der Waals surface area contributed by atoms with Gasteiger partial charge in [-0.15, -0.1) is 0 Å². The lowest BCUT2D eigenvalue weighted by Crippen LogP contribution is -2.26. The normalized spacial score (nSPS) is 21.4. The van der Waals surface area contributed by atoms with Crippen molar-refractivity contribution in [3.05, 3.63) is 34.9 Å². The molecule has 3 rings (SSSR count). The molecule has 2 aliphatic rings. The van der Waals surface area contributed by atoms with Crippen molar-refractivity contribution in [2.24, 2.45) is 5.92 Å². The average molecular weight is 260 g/mol. The summed E-state index contributed by atoms with van der Waals surface area (Å²) < 4.78 is 5.33. The van der Waals surface area contributed by atoms with Crippen LogP contribution < -0.4 is 10.6 Å². The Morgan fingerprint density at radius 1 is 1.37 bits per heavy atom. The Hall–Kier alpha value is -1.39. The summed E-state index contributed by atoms with van der Waals surface area (Å²) in [6.07, 6.45) is 2.14. The van der Waals surface area contributed by atoms with Gasteiger partial charge in [0.05, 0.1) is 0 Å². The molecule has 0 saturated carbocycles. The molecule has 0 aliphatic carbocycles. The van der Waals surface area contributed by atoms with Gasteiger partial charge in [-0.25, -0.2) is 0 Å². The van der Waals surface area contributed by atoms with Crippen molar-refractivity contribution in [2.75, 3.05) is 19.8 Å². The highest BCUT2D eigenvalue weighted by Gasteiger charge is 2.16. The molecule has 0 bridgehead atoms. The van der Waals surface area contributed by atoms with Crippen LogP contribution in [-0.4, -0.2) is 25.7 Å². The molecule has 1 fully saturated rings. The highest BCUT2D eigenvalue weighted by molar-refractivity contribution is 5.94. The fraction of sp³-hybridized carbons (Fsp3) is 0.533. The van der Waals surface area contributed by atoms with Crippen molar-refractivity contribution in [3.63, 3.8) is 0 Å². The minimum absolute atomic E-state index is 0.0358. The Balaban J connectivity index is 1.52. The second-order valence-electron chi connectivity index (χ2n) is 5.36. The summed E-state index contributed by atoms with van der Waals surface area (Å²) in [5.41, 5.74) is 3.32. The number of benzene rings is 1. The summed E-state index contributed by atoms with van der Waals surface area (Å²) >= 11 is 0. The van der Waals surface area contributed by atoms with Gasteiger partial charge in [-0.2, -0.15) is 0 Å². The van der Waals surface area contributed by atoms with Crippen LogP contribution in [0.25, 0.3) is 0 Å². The Kier molecular flexibility index (Phi) is 3.80. The van der Waals surface area contributed by atoms with Crippen LogP contribution in [0, 0.1) is 5.92 Å². The molecule has 0 spiro atoms. The molecule has 1 amide bonds. The highest BCUT2D eigenvalue weighted by Crippen LogP contribution is 2.17. The summed E-state index contributed by atoms with van der Waals surface area (Å²) in [6, 6.07) is 5.97. The number of nitrogens with one attached hydrogen (secondary N) is 2. The Labute approximate surface area is 113 Å². The van der Waals surface area contributed by atoms with E-state index in [4.69, 9.17) is 4.74 Å². The monoisotopic (exact) mass is 260 g/mol. The predicted molar refractivity (Wildman–Crippen MR) is 72.9 cm³/mol. The van der Waals surface area contributed by atoms with Crippen molar-refractivity contribution in [1.82, 2.24) is 10.6 Å². The Bertz CT molecular complexity index is 467. The Morgan fingerprint density at radius 3 is 3.11 bits per heavy atom. The molecule has 2 N–H and O–H groups in total. The van der Waals surface area contributed by atoms with Gasteiger partial charge in [0.2, 0.25) is 0 Å². The molecule has 1 aromatic rings. The molecule has 1 unspecified atom stereocenters. The zero-order chi connectivity index (χ0) is 13.1. The summed E-state index contributed by atoms with van der Waals surface area (Å²) in [5.74, 6) is 0.651. The number of hydrogen-bond donors (Lipinski definition) is 2. The predicted octanol–water partition coefficient (Wildman–Crippen LogP) is 1.45. The number of hydrogen-bond acceptors (Lipinski definition) is 3. The van der Waals surface area contributed by atoms with Crippen LogP contribution in [0.2, 0.25) is 0 Å². The lowest BCUT2D eigenvalue weighted by Gasteiger charge is -2.09. The van der Waals surface area contributed by atoms with E-state index in [-0.39, 0.29) is 5.91 Å². The van der Waals surface area contributed by atoms with Crippen LogP contribution >= 0.6 is 0 Å². The number of fused-ring (bicyclic) bond motifs is 1. The lowest BCUT2D eigenvalue weighted by atomic mass is 10.0. The van der Waals surface area contributed by atoms with E-state index in [0.29, 0.717) is 5.92 Å². The summed E-state index contributed by atoms with van der Waals surface area (Å²) in [6.45, 7) is 4.24. The Morgan fingerprint density at radius 2 is 2.26 bits per heavy atom. The lowest BCUT2D eigenvalue weighted by molar-refractivity contribution is 0.0950. The van der Waals surface area contributed by atoms with E-state index in [1.165, 1.54) is 11.1 Å². The molecule has 102 valence electrons. The van der Waals surface area contributed by atoms with Crippen molar-refractivity contribution >= 4 is 5.91 Å². The van der Waals surface area contributed by atoms with Crippen molar-refractivity contribution in [3.8, 4) is 0 Å². The third-order valence-corrected chi connectivity index (χ3v) is 3.96. The molecular formula is C15H20N2O2. The number of rotatable bonds is 4. The van der Waals surface area contributed by atoms with Gasteiger partial charge < -0.3 is 15.4 Å². The quantitative estimate of drug-likeness (QED) is 0.861.